The largest absolute Gasteiger partial charge is 0.466 e. The van der Waals surface area contributed by atoms with Crippen LogP contribution in [0.1, 0.15) is 39.5 Å². The number of nitrogens with one attached hydrogen (secondary N) is 1. The Morgan fingerprint density at radius 2 is 1.93 bits per heavy atom. The molecule has 0 bridgehead atoms. The van der Waals surface area contributed by atoms with E-state index in [0.29, 0.717) is 6.61 Å². The molecule has 0 amide bonds. The van der Waals surface area contributed by atoms with Gasteiger partial charge in [0.05, 0.1) is 19.1 Å². The predicted molar refractivity (Wildman–Crippen MR) is 127 cm³/mol. The maximum Gasteiger partial charge on any atom is 0.309 e. The highest BCUT2D eigenvalue weighted by Gasteiger charge is 2.43. The van der Waals surface area contributed by atoms with Crippen molar-refractivity contribution in [2.45, 2.75) is 49.2 Å². The second-order valence-electron chi connectivity index (χ2n) is 7.28. The summed E-state index contributed by atoms with van der Waals surface area (Å²) in [5.74, 6) is 0.975. The predicted octanol–water partition coefficient (Wildman–Crippen LogP) is 4.17. The first-order chi connectivity index (χ1) is 13.2. The van der Waals surface area contributed by atoms with Crippen LogP contribution < -0.4 is 5.32 Å². The summed E-state index contributed by atoms with van der Waals surface area (Å²) in [6.07, 6.45) is 4.13. The number of carbonyl (C=O) groups excluding carboxylic acids is 1. The van der Waals surface area contributed by atoms with Crippen LogP contribution in [-0.2, 0) is 9.53 Å². The van der Waals surface area contributed by atoms with Gasteiger partial charge < -0.3 is 15.0 Å². The third kappa shape index (κ3) is 6.54. The zero-order chi connectivity index (χ0) is 19.1. The van der Waals surface area contributed by atoms with Crippen molar-refractivity contribution in [3.8, 4) is 0 Å². The number of guanidine groups is 1. The average molecular weight is 517 g/mol. The Labute approximate surface area is 190 Å². The van der Waals surface area contributed by atoms with E-state index in [1.165, 1.54) is 17.7 Å². The molecule has 0 radical (unpaired) electrons. The van der Waals surface area contributed by atoms with Gasteiger partial charge in [-0.25, -0.2) is 0 Å². The summed E-state index contributed by atoms with van der Waals surface area (Å²) in [6, 6.07) is 10.6. The second-order valence-corrected chi connectivity index (χ2v) is 8.82. The summed E-state index contributed by atoms with van der Waals surface area (Å²) in [5.41, 5.74) is 0. The molecule has 1 aromatic carbocycles. The van der Waals surface area contributed by atoms with Crippen LogP contribution >= 0.6 is 35.7 Å². The van der Waals surface area contributed by atoms with Crippen molar-refractivity contribution in [2.24, 2.45) is 10.9 Å². The molecule has 156 valence electrons. The van der Waals surface area contributed by atoms with Gasteiger partial charge in [-0.05, 0) is 51.7 Å². The smallest absolute Gasteiger partial charge is 0.309 e. The van der Waals surface area contributed by atoms with E-state index in [0.717, 1.165) is 45.0 Å². The van der Waals surface area contributed by atoms with Crippen molar-refractivity contribution in [2.75, 3.05) is 32.8 Å². The number of esters is 1. The maximum atomic E-state index is 12.0. The lowest BCUT2D eigenvalue weighted by Crippen LogP contribution is -2.47. The van der Waals surface area contributed by atoms with E-state index < -0.39 is 0 Å². The maximum absolute atomic E-state index is 12.0. The van der Waals surface area contributed by atoms with Gasteiger partial charge in [0.2, 0.25) is 0 Å². The zero-order valence-corrected chi connectivity index (χ0v) is 20.0. The van der Waals surface area contributed by atoms with Crippen LogP contribution in [0.15, 0.2) is 40.2 Å². The van der Waals surface area contributed by atoms with Gasteiger partial charge in [0.15, 0.2) is 5.96 Å². The molecule has 3 rings (SSSR count). The molecule has 2 aliphatic rings. The lowest BCUT2D eigenvalue weighted by Gasteiger charge is -2.33. The summed E-state index contributed by atoms with van der Waals surface area (Å²) in [7, 11) is 0. The van der Waals surface area contributed by atoms with Crippen molar-refractivity contribution in [3.63, 3.8) is 0 Å². The minimum absolute atomic E-state index is 0. The molecule has 28 heavy (non-hydrogen) atoms. The summed E-state index contributed by atoms with van der Waals surface area (Å²) in [5, 5.41) is 3.44. The standard InChI is InChI=1S/C21H31N3O2S.HI/c1-3-22-20(24-14-10-17(11-15-24)19(25)26-4-2)23-16-21(12-13-21)27-18-8-6-5-7-9-18;/h5-9,17H,3-4,10-16H2,1-2H3,(H,22,23);1H. The van der Waals surface area contributed by atoms with Gasteiger partial charge in [0, 0.05) is 29.3 Å². The number of halogens is 1. The molecule has 1 N–H and O–H groups in total. The molecule has 1 aliphatic carbocycles. The number of aliphatic imine (C=N–C) groups is 1. The average Bonchev–Trinajstić information content (AvgIpc) is 3.46. The van der Waals surface area contributed by atoms with Crippen molar-refractivity contribution in [1.29, 1.82) is 0 Å². The fourth-order valence-corrected chi connectivity index (χ4v) is 4.63. The van der Waals surface area contributed by atoms with E-state index in [2.05, 4.69) is 47.5 Å². The SMILES string of the molecule is CCNC(=NCC1(Sc2ccccc2)CC1)N1CCC(C(=O)OCC)CC1.I. The molecule has 1 aromatic rings. The highest BCUT2D eigenvalue weighted by Crippen LogP contribution is 2.51. The molecule has 1 saturated heterocycles. The van der Waals surface area contributed by atoms with Gasteiger partial charge in [-0.2, -0.15) is 0 Å². The van der Waals surface area contributed by atoms with Gasteiger partial charge in [0.25, 0.3) is 0 Å². The number of thioether (sulfide) groups is 1. The summed E-state index contributed by atoms with van der Waals surface area (Å²) < 4.78 is 5.43. The molecule has 1 aliphatic heterocycles. The number of piperidine rings is 1. The van der Waals surface area contributed by atoms with Crippen LogP contribution in [0.25, 0.3) is 0 Å². The quantitative estimate of drug-likeness (QED) is 0.255. The highest BCUT2D eigenvalue weighted by molar-refractivity contribution is 14.0. The lowest BCUT2D eigenvalue weighted by molar-refractivity contribution is -0.149. The number of hydrogen-bond acceptors (Lipinski definition) is 4. The monoisotopic (exact) mass is 517 g/mol. The van der Waals surface area contributed by atoms with Crippen LogP contribution in [0, 0.1) is 5.92 Å². The molecule has 1 heterocycles. The topological polar surface area (TPSA) is 53.9 Å². The number of rotatable bonds is 7. The first-order valence-electron chi connectivity index (χ1n) is 10.1. The number of carbonyl (C=O) groups is 1. The molecular formula is C21H32IN3O2S. The van der Waals surface area contributed by atoms with Gasteiger partial charge in [-0.1, -0.05) is 18.2 Å². The minimum Gasteiger partial charge on any atom is -0.466 e. The number of ether oxygens (including phenoxy) is 1. The molecule has 5 nitrogen and oxygen atoms in total. The van der Waals surface area contributed by atoms with Crippen molar-refractivity contribution >= 4 is 47.7 Å². The Bertz CT molecular complexity index is 644. The van der Waals surface area contributed by atoms with E-state index in [4.69, 9.17) is 9.73 Å². The Balaban J connectivity index is 0.00000280. The first kappa shape index (κ1) is 23.3. The molecule has 7 heteroatoms. The fourth-order valence-electron chi connectivity index (χ4n) is 3.40. The van der Waals surface area contributed by atoms with Gasteiger partial charge >= 0.3 is 5.97 Å². The van der Waals surface area contributed by atoms with E-state index in [1.807, 2.05) is 18.7 Å². The Hall–Kier alpha value is -0.960. The molecule has 0 atom stereocenters. The van der Waals surface area contributed by atoms with E-state index in [9.17, 15) is 4.79 Å². The molecular weight excluding hydrogens is 485 g/mol. The van der Waals surface area contributed by atoms with Gasteiger partial charge in [0.1, 0.15) is 0 Å². The summed E-state index contributed by atoms with van der Waals surface area (Å²) in [6.45, 7) is 7.84. The van der Waals surface area contributed by atoms with Crippen molar-refractivity contribution in [3.05, 3.63) is 30.3 Å². The molecule has 0 aromatic heterocycles. The fraction of sp³-hybridized carbons (Fsp3) is 0.619. The normalized spacial score (nSPS) is 18.9. The van der Waals surface area contributed by atoms with Crippen LogP contribution in [0.4, 0.5) is 0 Å². The van der Waals surface area contributed by atoms with Crippen LogP contribution in [0.3, 0.4) is 0 Å². The van der Waals surface area contributed by atoms with E-state index >= 15 is 0 Å². The van der Waals surface area contributed by atoms with Gasteiger partial charge in [-0.3, -0.25) is 9.79 Å². The zero-order valence-electron chi connectivity index (χ0n) is 16.9. The molecule has 2 fully saturated rings. The lowest BCUT2D eigenvalue weighted by atomic mass is 9.97. The van der Waals surface area contributed by atoms with E-state index in [-0.39, 0.29) is 40.6 Å². The minimum atomic E-state index is -0.0460. The third-order valence-corrected chi connectivity index (χ3v) is 6.63. The molecule has 0 unspecified atom stereocenters. The first-order valence-corrected chi connectivity index (χ1v) is 10.9. The summed E-state index contributed by atoms with van der Waals surface area (Å²) in [4.78, 5) is 20.5. The Morgan fingerprint density at radius 1 is 1.25 bits per heavy atom. The number of hydrogen-bond donors (Lipinski definition) is 1. The number of nitrogens with zero attached hydrogens (tertiary/aromatic N) is 2. The Morgan fingerprint density at radius 3 is 2.50 bits per heavy atom. The second kappa shape index (κ2) is 11.3. The van der Waals surface area contributed by atoms with Crippen LogP contribution in [-0.4, -0.2) is 54.4 Å². The van der Waals surface area contributed by atoms with Crippen molar-refractivity contribution in [1.82, 2.24) is 10.2 Å². The Kier molecular flexibility index (Phi) is 9.40. The molecule has 0 spiro atoms. The summed E-state index contributed by atoms with van der Waals surface area (Å²) >= 11 is 1.96. The number of benzene rings is 1. The highest BCUT2D eigenvalue weighted by atomic mass is 127. The van der Waals surface area contributed by atoms with Crippen molar-refractivity contribution < 1.29 is 9.53 Å². The van der Waals surface area contributed by atoms with Gasteiger partial charge in [-0.15, -0.1) is 35.7 Å². The van der Waals surface area contributed by atoms with Crippen LogP contribution in [0.5, 0.6) is 0 Å². The third-order valence-electron chi connectivity index (χ3n) is 5.15. The van der Waals surface area contributed by atoms with Crippen LogP contribution in [0.2, 0.25) is 0 Å². The molecule has 1 saturated carbocycles. The number of likely N-dealkylation sites (tertiary alicyclic amines) is 1. The van der Waals surface area contributed by atoms with E-state index in [1.54, 1.807) is 0 Å².